The van der Waals surface area contributed by atoms with Crippen LogP contribution in [0.5, 0.6) is 0 Å². The number of carbonyl (C=O) groups excluding carboxylic acids is 2. The molecule has 1 aliphatic rings. The normalized spacial score (nSPS) is 17.8. The molecular weight excluding hydrogens is 224 g/mol. The molecule has 6 nitrogen and oxygen atoms in total. The van der Waals surface area contributed by atoms with Gasteiger partial charge in [-0.3, -0.25) is 9.59 Å². The summed E-state index contributed by atoms with van der Waals surface area (Å²) < 4.78 is 0. The second-order valence-corrected chi connectivity index (χ2v) is 4.29. The molecule has 1 saturated heterocycles. The summed E-state index contributed by atoms with van der Waals surface area (Å²) in [5, 5.41) is 8.78. The van der Waals surface area contributed by atoms with Crippen LogP contribution in [0.2, 0.25) is 0 Å². The van der Waals surface area contributed by atoms with Crippen molar-refractivity contribution in [2.75, 3.05) is 20.1 Å². The molecule has 6 heteroatoms. The van der Waals surface area contributed by atoms with Crippen LogP contribution in [0, 0.1) is 0 Å². The Labute approximate surface area is 100 Å². The number of aliphatic carboxylic acids is 1. The number of piperidine rings is 1. The van der Waals surface area contributed by atoms with Crippen LogP contribution in [-0.4, -0.2) is 58.9 Å². The molecule has 0 aliphatic carbocycles. The number of hydrogen-bond donors (Lipinski definition) is 1. The molecule has 0 radical (unpaired) electrons. The van der Waals surface area contributed by atoms with Gasteiger partial charge in [-0.1, -0.05) is 0 Å². The predicted octanol–water partition coefficient (Wildman–Crippen LogP) is -0.0696. The van der Waals surface area contributed by atoms with Gasteiger partial charge in [-0.2, -0.15) is 0 Å². The van der Waals surface area contributed by atoms with Crippen LogP contribution >= 0.6 is 0 Å². The average Bonchev–Trinajstić information content (AvgIpc) is 2.30. The van der Waals surface area contributed by atoms with Gasteiger partial charge in [0.25, 0.3) is 0 Å². The molecule has 0 aromatic rings. The third-order valence-corrected chi connectivity index (χ3v) is 3.08. The maximum atomic E-state index is 11.8. The molecule has 1 aliphatic heterocycles. The molecule has 0 spiro atoms. The third-order valence-electron chi connectivity index (χ3n) is 3.08. The van der Waals surface area contributed by atoms with E-state index < -0.39 is 12.0 Å². The molecule has 0 bridgehead atoms. The molecule has 1 unspecified atom stereocenters. The summed E-state index contributed by atoms with van der Waals surface area (Å²) in [6, 6.07) is -0.873. The Morgan fingerprint density at radius 2 is 2.12 bits per heavy atom. The highest BCUT2D eigenvalue weighted by Crippen LogP contribution is 2.10. The monoisotopic (exact) mass is 242 g/mol. The zero-order valence-electron chi connectivity index (χ0n) is 10.2. The number of likely N-dealkylation sites (N-methyl/N-ethyl adjacent to an activating group) is 1. The molecule has 96 valence electrons. The number of carbonyl (C=O) groups is 3. The number of likely N-dealkylation sites (tertiary alicyclic amines) is 1. The molecular formula is C11H18N2O4. The van der Waals surface area contributed by atoms with E-state index in [1.165, 1.54) is 18.9 Å². The summed E-state index contributed by atoms with van der Waals surface area (Å²) in [7, 11) is 1.44. The van der Waals surface area contributed by atoms with E-state index in [-0.39, 0.29) is 18.4 Å². The molecule has 1 N–H and O–H groups in total. The quantitative estimate of drug-likeness (QED) is 0.748. The second kappa shape index (κ2) is 5.65. The predicted molar refractivity (Wildman–Crippen MR) is 60.3 cm³/mol. The standard InChI is InChI=1S/C11H18N2O4/c1-8(11(16)17)12(2)10(15)7-13-6-4-3-5-9(13)14/h8H,3-7H2,1-2H3,(H,16,17). The van der Waals surface area contributed by atoms with Crippen molar-refractivity contribution < 1.29 is 19.5 Å². The van der Waals surface area contributed by atoms with Crippen molar-refractivity contribution in [1.82, 2.24) is 9.80 Å². The van der Waals surface area contributed by atoms with Gasteiger partial charge >= 0.3 is 5.97 Å². The molecule has 1 fully saturated rings. The molecule has 0 saturated carbocycles. The van der Waals surface area contributed by atoms with E-state index in [1.807, 2.05) is 0 Å². The van der Waals surface area contributed by atoms with Crippen molar-refractivity contribution in [1.29, 1.82) is 0 Å². The van der Waals surface area contributed by atoms with E-state index in [2.05, 4.69) is 0 Å². The summed E-state index contributed by atoms with van der Waals surface area (Å²) in [6.45, 7) is 2.01. The molecule has 1 heterocycles. The molecule has 17 heavy (non-hydrogen) atoms. The highest BCUT2D eigenvalue weighted by molar-refractivity contribution is 5.87. The smallest absolute Gasteiger partial charge is 0.326 e. The number of hydrogen-bond acceptors (Lipinski definition) is 3. The first-order valence-corrected chi connectivity index (χ1v) is 5.69. The van der Waals surface area contributed by atoms with Gasteiger partial charge in [-0.15, -0.1) is 0 Å². The first kappa shape index (κ1) is 13.5. The van der Waals surface area contributed by atoms with Crippen LogP contribution in [0.3, 0.4) is 0 Å². The van der Waals surface area contributed by atoms with Gasteiger partial charge in [0.15, 0.2) is 0 Å². The van der Waals surface area contributed by atoms with Crippen molar-refractivity contribution in [3.63, 3.8) is 0 Å². The van der Waals surface area contributed by atoms with Crippen molar-refractivity contribution in [3.8, 4) is 0 Å². The Morgan fingerprint density at radius 3 is 2.65 bits per heavy atom. The zero-order chi connectivity index (χ0) is 13.0. The lowest BCUT2D eigenvalue weighted by Gasteiger charge is -2.29. The van der Waals surface area contributed by atoms with Gasteiger partial charge < -0.3 is 14.9 Å². The van der Waals surface area contributed by atoms with E-state index in [4.69, 9.17) is 5.11 Å². The highest BCUT2D eigenvalue weighted by Gasteiger charge is 2.26. The van der Waals surface area contributed by atoms with Crippen molar-refractivity contribution >= 4 is 17.8 Å². The minimum absolute atomic E-state index is 0.0209. The van der Waals surface area contributed by atoms with Gasteiger partial charge in [0.2, 0.25) is 11.8 Å². The number of rotatable bonds is 4. The Balaban J connectivity index is 2.53. The lowest BCUT2D eigenvalue weighted by Crippen LogP contribution is -2.47. The van der Waals surface area contributed by atoms with Crippen LogP contribution in [-0.2, 0) is 14.4 Å². The maximum absolute atomic E-state index is 11.8. The van der Waals surface area contributed by atoms with E-state index in [0.717, 1.165) is 17.7 Å². The topological polar surface area (TPSA) is 77.9 Å². The Bertz CT molecular complexity index is 329. The summed E-state index contributed by atoms with van der Waals surface area (Å²) in [4.78, 5) is 36.6. The largest absolute Gasteiger partial charge is 0.480 e. The zero-order valence-corrected chi connectivity index (χ0v) is 10.2. The van der Waals surface area contributed by atoms with E-state index >= 15 is 0 Å². The second-order valence-electron chi connectivity index (χ2n) is 4.29. The average molecular weight is 242 g/mol. The van der Waals surface area contributed by atoms with Crippen molar-refractivity contribution in [2.24, 2.45) is 0 Å². The molecule has 1 rings (SSSR count). The van der Waals surface area contributed by atoms with E-state index in [0.29, 0.717) is 13.0 Å². The minimum Gasteiger partial charge on any atom is -0.480 e. The minimum atomic E-state index is -1.05. The summed E-state index contributed by atoms with van der Waals surface area (Å²) in [5.41, 5.74) is 0. The van der Waals surface area contributed by atoms with Crippen LogP contribution in [0.15, 0.2) is 0 Å². The lowest BCUT2D eigenvalue weighted by molar-refractivity contribution is -0.150. The SMILES string of the molecule is CC(C(=O)O)N(C)C(=O)CN1CCCCC1=O. The fourth-order valence-corrected chi connectivity index (χ4v) is 1.69. The van der Waals surface area contributed by atoms with Crippen LogP contribution in [0.1, 0.15) is 26.2 Å². The number of carboxylic acids is 1. The lowest BCUT2D eigenvalue weighted by atomic mass is 10.1. The molecule has 2 amide bonds. The Hall–Kier alpha value is -1.59. The van der Waals surface area contributed by atoms with Crippen molar-refractivity contribution in [2.45, 2.75) is 32.2 Å². The first-order chi connectivity index (χ1) is 7.93. The van der Waals surface area contributed by atoms with Crippen LogP contribution in [0.4, 0.5) is 0 Å². The molecule has 0 aromatic heterocycles. The number of nitrogens with zero attached hydrogens (tertiary/aromatic N) is 2. The van der Waals surface area contributed by atoms with Gasteiger partial charge in [-0.25, -0.2) is 4.79 Å². The Kier molecular flexibility index (Phi) is 4.48. The van der Waals surface area contributed by atoms with Crippen LogP contribution in [0.25, 0.3) is 0 Å². The fourth-order valence-electron chi connectivity index (χ4n) is 1.69. The van der Waals surface area contributed by atoms with Gasteiger partial charge in [0, 0.05) is 20.0 Å². The summed E-state index contributed by atoms with van der Waals surface area (Å²) >= 11 is 0. The summed E-state index contributed by atoms with van der Waals surface area (Å²) in [5.74, 6) is -1.41. The molecule has 1 atom stereocenters. The highest BCUT2D eigenvalue weighted by atomic mass is 16.4. The van der Waals surface area contributed by atoms with Gasteiger partial charge in [0.1, 0.15) is 6.04 Å². The van der Waals surface area contributed by atoms with E-state index in [1.54, 1.807) is 0 Å². The number of amides is 2. The van der Waals surface area contributed by atoms with Crippen LogP contribution < -0.4 is 0 Å². The van der Waals surface area contributed by atoms with E-state index in [9.17, 15) is 14.4 Å². The van der Waals surface area contributed by atoms with Gasteiger partial charge in [0.05, 0.1) is 6.54 Å². The Morgan fingerprint density at radius 1 is 1.47 bits per heavy atom. The maximum Gasteiger partial charge on any atom is 0.326 e. The first-order valence-electron chi connectivity index (χ1n) is 5.69. The summed E-state index contributed by atoms with van der Waals surface area (Å²) in [6.07, 6.45) is 2.24. The van der Waals surface area contributed by atoms with Crippen molar-refractivity contribution in [3.05, 3.63) is 0 Å². The molecule has 0 aromatic carbocycles. The number of carboxylic acid groups (broad SMARTS) is 1. The third kappa shape index (κ3) is 3.44. The van der Waals surface area contributed by atoms with Gasteiger partial charge in [-0.05, 0) is 19.8 Å². The fraction of sp³-hybridized carbons (Fsp3) is 0.727.